The van der Waals surface area contributed by atoms with Crippen LogP contribution >= 0.6 is 0 Å². The number of hydrogen-bond donors (Lipinski definition) is 2. The van der Waals surface area contributed by atoms with Gasteiger partial charge in [-0.3, -0.25) is 4.79 Å². The molecule has 0 bridgehead atoms. The molecule has 0 aliphatic carbocycles. The first-order chi connectivity index (χ1) is 9.35. The molecule has 1 rings (SSSR count). The number of nitrogens with one attached hydrogen (secondary N) is 1. The Balaban J connectivity index is 2.42. The third-order valence-electron chi connectivity index (χ3n) is 3.47. The van der Waals surface area contributed by atoms with E-state index in [0.717, 1.165) is 16.9 Å². The largest absolute Gasteiger partial charge is 0.483 e. The molecular formula is C16H25NO3. The highest BCUT2D eigenvalue weighted by Crippen LogP contribution is 2.20. The number of amides is 1. The molecule has 1 aromatic rings. The van der Waals surface area contributed by atoms with Gasteiger partial charge in [0.15, 0.2) is 6.61 Å². The SMILES string of the molecule is Cc1cccc(OCC(=O)NCC(C)(C)CCO)c1C. The van der Waals surface area contributed by atoms with E-state index >= 15 is 0 Å². The van der Waals surface area contributed by atoms with E-state index in [-0.39, 0.29) is 24.5 Å². The number of hydrogen-bond acceptors (Lipinski definition) is 3. The van der Waals surface area contributed by atoms with Gasteiger partial charge < -0.3 is 15.2 Å². The van der Waals surface area contributed by atoms with Crippen LogP contribution in [-0.2, 0) is 4.79 Å². The normalized spacial score (nSPS) is 11.2. The van der Waals surface area contributed by atoms with Gasteiger partial charge in [-0.25, -0.2) is 0 Å². The van der Waals surface area contributed by atoms with Crippen molar-refractivity contribution in [2.75, 3.05) is 19.8 Å². The molecule has 0 aliphatic rings. The van der Waals surface area contributed by atoms with Crippen molar-refractivity contribution in [2.24, 2.45) is 5.41 Å². The summed E-state index contributed by atoms with van der Waals surface area (Å²) in [5.41, 5.74) is 2.09. The van der Waals surface area contributed by atoms with Crippen molar-refractivity contribution in [3.8, 4) is 5.75 Å². The second-order valence-electron chi connectivity index (χ2n) is 5.90. The molecule has 2 N–H and O–H groups in total. The van der Waals surface area contributed by atoms with Crippen LogP contribution in [0.2, 0.25) is 0 Å². The monoisotopic (exact) mass is 279 g/mol. The second kappa shape index (κ2) is 7.29. The minimum atomic E-state index is -0.142. The Morgan fingerprint density at radius 1 is 1.35 bits per heavy atom. The van der Waals surface area contributed by atoms with E-state index in [2.05, 4.69) is 5.32 Å². The standard InChI is InChI=1S/C16H25NO3/c1-12-6-5-7-14(13(12)2)20-10-15(19)17-11-16(3,4)8-9-18/h5-7,18H,8-11H2,1-4H3,(H,17,19). The summed E-state index contributed by atoms with van der Waals surface area (Å²) in [6, 6.07) is 5.80. The molecule has 0 saturated carbocycles. The predicted molar refractivity (Wildman–Crippen MR) is 79.9 cm³/mol. The number of carbonyl (C=O) groups is 1. The highest BCUT2D eigenvalue weighted by Gasteiger charge is 2.18. The van der Waals surface area contributed by atoms with Crippen LogP contribution in [0.3, 0.4) is 0 Å². The van der Waals surface area contributed by atoms with Gasteiger partial charge >= 0.3 is 0 Å². The zero-order valence-electron chi connectivity index (χ0n) is 12.8. The van der Waals surface area contributed by atoms with Crippen LogP contribution < -0.4 is 10.1 Å². The second-order valence-corrected chi connectivity index (χ2v) is 5.90. The van der Waals surface area contributed by atoms with E-state index in [9.17, 15) is 4.79 Å². The lowest BCUT2D eigenvalue weighted by molar-refractivity contribution is -0.123. The molecule has 0 heterocycles. The Morgan fingerprint density at radius 3 is 2.70 bits per heavy atom. The Kier molecular flexibility index (Phi) is 6.02. The topological polar surface area (TPSA) is 58.6 Å². The third kappa shape index (κ3) is 5.21. The van der Waals surface area contributed by atoms with Crippen LogP contribution in [0.1, 0.15) is 31.4 Å². The summed E-state index contributed by atoms with van der Waals surface area (Å²) in [6.07, 6.45) is 0.658. The van der Waals surface area contributed by atoms with Crippen LogP contribution in [0, 0.1) is 19.3 Å². The average Bonchev–Trinajstić information content (AvgIpc) is 2.38. The van der Waals surface area contributed by atoms with Gasteiger partial charge in [-0.2, -0.15) is 0 Å². The lowest BCUT2D eigenvalue weighted by Gasteiger charge is -2.23. The lowest BCUT2D eigenvalue weighted by atomic mass is 9.90. The van der Waals surface area contributed by atoms with Gasteiger partial charge in [0.2, 0.25) is 0 Å². The zero-order valence-corrected chi connectivity index (χ0v) is 12.8. The minimum Gasteiger partial charge on any atom is -0.483 e. The Labute approximate surface area is 121 Å². The molecule has 112 valence electrons. The Morgan fingerprint density at radius 2 is 2.05 bits per heavy atom. The molecular weight excluding hydrogens is 254 g/mol. The molecule has 1 amide bonds. The molecule has 1 aromatic carbocycles. The molecule has 0 radical (unpaired) electrons. The molecule has 0 atom stereocenters. The van der Waals surface area contributed by atoms with Crippen LogP contribution in [0.4, 0.5) is 0 Å². The summed E-state index contributed by atoms with van der Waals surface area (Å²) < 4.78 is 5.54. The first-order valence-corrected chi connectivity index (χ1v) is 6.92. The summed E-state index contributed by atoms with van der Waals surface area (Å²) in [5, 5.41) is 11.8. The first kappa shape index (κ1) is 16.5. The van der Waals surface area contributed by atoms with E-state index in [4.69, 9.17) is 9.84 Å². The molecule has 0 aliphatic heterocycles. The number of aliphatic hydroxyl groups excluding tert-OH is 1. The first-order valence-electron chi connectivity index (χ1n) is 6.92. The summed E-state index contributed by atoms with van der Waals surface area (Å²) in [7, 11) is 0. The van der Waals surface area contributed by atoms with Gasteiger partial charge in [-0.15, -0.1) is 0 Å². The van der Waals surface area contributed by atoms with E-state index in [1.807, 2.05) is 45.9 Å². The van der Waals surface area contributed by atoms with Crippen molar-refractivity contribution in [2.45, 2.75) is 34.1 Å². The fourth-order valence-corrected chi connectivity index (χ4v) is 1.80. The van der Waals surface area contributed by atoms with Crippen LogP contribution in [0.15, 0.2) is 18.2 Å². The number of aliphatic hydroxyl groups is 1. The maximum atomic E-state index is 11.8. The van der Waals surface area contributed by atoms with E-state index in [1.54, 1.807) is 0 Å². The summed E-state index contributed by atoms with van der Waals surface area (Å²) in [4.78, 5) is 11.8. The fourth-order valence-electron chi connectivity index (χ4n) is 1.80. The summed E-state index contributed by atoms with van der Waals surface area (Å²) in [6.45, 7) is 8.68. The molecule has 0 spiro atoms. The van der Waals surface area contributed by atoms with Gasteiger partial charge in [0.05, 0.1) is 0 Å². The number of benzene rings is 1. The summed E-state index contributed by atoms with van der Waals surface area (Å²) >= 11 is 0. The highest BCUT2D eigenvalue weighted by molar-refractivity contribution is 5.77. The molecule has 0 fully saturated rings. The van der Waals surface area contributed by atoms with Gasteiger partial charge in [0.25, 0.3) is 5.91 Å². The maximum absolute atomic E-state index is 11.8. The van der Waals surface area contributed by atoms with Crippen LogP contribution in [-0.4, -0.2) is 30.8 Å². The zero-order chi connectivity index (χ0) is 15.2. The van der Waals surface area contributed by atoms with Crippen molar-refractivity contribution in [3.63, 3.8) is 0 Å². The van der Waals surface area contributed by atoms with Crippen molar-refractivity contribution in [1.29, 1.82) is 0 Å². The van der Waals surface area contributed by atoms with Crippen molar-refractivity contribution >= 4 is 5.91 Å². The fraction of sp³-hybridized carbons (Fsp3) is 0.562. The number of carbonyl (C=O) groups excluding carboxylic acids is 1. The average molecular weight is 279 g/mol. The van der Waals surface area contributed by atoms with Crippen LogP contribution in [0.5, 0.6) is 5.75 Å². The summed E-state index contributed by atoms with van der Waals surface area (Å²) in [5.74, 6) is 0.603. The number of ether oxygens (including phenoxy) is 1. The van der Waals surface area contributed by atoms with Gasteiger partial charge in [0.1, 0.15) is 5.75 Å². The molecule has 0 saturated heterocycles. The Bertz CT molecular complexity index is 455. The number of aryl methyl sites for hydroxylation is 1. The maximum Gasteiger partial charge on any atom is 0.257 e. The van der Waals surface area contributed by atoms with E-state index < -0.39 is 0 Å². The van der Waals surface area contributed by atoms with E-state index in [1.165, 1.54) is 0 Å². The lowest BCUT2D eigenvalue weighted by Crippen LogP contribution is -2.37. The smallest absolute Gasteiger partial charge is 0.257 e. The molecule has 4 heteroatoms. The number of rotatable bonds is 7. The quantitative estimate of drug-likeness (QED) is 0.804. The third-order valence-corrected chi connectivity index (χ3v) is 3.47. The van der Waals surface area contributed by atoms with Gasteiger partial charge in [-0.05, 0) is 42.9 Å². The van der Waals surface area contributed by atoms with Gasteiger partial charge in [0, 0.05) is 13.2 Å². The highest BCUT2D eigenvalue weighted by atomic mass is 16.5. The Hall–Kier alpha value is -1.55. The predicted octanol–water partition coefficient (Wildman–Crippen LogP) is 2.21. The van der Waals surface area contributed by atoms with Crippen molar-refractivity contribution in [3.05, 3.63) is 29.3 Å². The van der Waals surface area contributed by atoms with Crippen molar-refractivity contribution in [1.82, 2.24) is 5.32 Å². The van der Waals surface area contributed by atoms with E-state index in [0.29, 0.717) is 13.0 Å². The van der Waals surface area contributed by atoms with Crippen LogP contribution in [0.25, 0.3) is 0 Å². The van der Waals surface area contributed by atoms with Gasteiger partial charge in [-0.1, -0.05) is 26.0 Å². The van der Waals surface area contributed by atoms with Crippen molar-refractivity contribution < 1.29 is 14.6 Å². The molecule has 0 unspecified atom stereocenters. The molecule has 0 aromatic heterocycles. The molecule has 4 nitrogen and oxygen atoms in total. The minimum absolute atomic E-state index is 0.0134. The molecule has 20 heavy (non-hydrogen) atoms.